The highest BCUT2D eigenvalue weighted by molar-refractivity contribution is 7.19. The summed E-state index contributed by atoms with van der Waals surface area (Å²) in [5.41, 5.74) is 3.46. The predicted molar refractivity (Wildman–Crippen MR) is 365 cm³/mol. The Labute approximate surface area is 525 Å². The van der Waals surface area contributed by atoms with Gasteiger partial charge in [0.05, 0.1) is 24.7 Å². The second-order valence-electron chi connectivity index (χ2n) is 24.4. The van der Waals surface area contributed by atoms with E-state index < -0.39 is 13.3 Å². The molecule has 3 heterocycles. The molecule has 474 valence electrons. The van der Waals surface area contributed by atoms with Gasteiger partial charge in [0.25, 0.3) is 0 Å². The van der Waals surface area contributed by atoms with Crippen LogP contribution < -0.4 is 14.2 Å². The summed E-state index contributed by atoms with van der Waals surface area (Å²) in [5, 5.41) is 0. The van der Waals surface area contributed by atoms with Crippen LogP contribution in [-0.2, 0) is 4.65 Å². The fourth-order valence-electron chi connectivity index (χ4n) is 11.6. The number of carbonyl (C=O) groups is 1. The molecule has 0 unspecified atom stereocenters. The molecule has 11 heteroatoms. The molecule has 0 bridgehead atoms. The summed E-state index contributed by atoms with van der Waals surface area (Å²) < 4.78 is 54.8. The molecule has 0 spiro atoms. The standard InChI is InChI=1S/C73H117BF2O5S3/c1-8-11-14-17-20-23-26-29-32-35-38-41-44-47-50-78-69-55-63(68(81-74(75)76)58-67(77)71-57-66(64-53-59(4)82-61(64)6)73(84-71)65-54-60(5)83-62(65)7)56-70(79-51-48-45-42-39-36-33-30-27-24-21-18-15-12-9-2)72(69)80-52-49-46-43-40-37-34-31-28-25-22-19-16-13-10-3/h53-58H,8-52H2,1-7H3/b68-58+. The first-order valence-electron chi connectivity index (χ1n) is 34.6. The Morgan fingerprint density at radius 3 is 1.05 bits per heavy atom. The Balaban J connectivity index is 1.53. The molecule has 0 N–H and O–H groups in total. The van der Waals surface area contributed by atoms with Gasteiger partial charge >= 0.3 is 7.47 Å². The molecular formula is C73H117BF2O5S3. The number of unbranched alkanes of at least 4 members (excludes halogenated alkanes) is 39. The molecule has 0 aliphatic carbocycles. The Morgan fingerprint density at radius 1 is 0.405 bits per heavy atom. The number of halogens is 2. The zero-order chi connectivity index (χ0) is 60.2. The maximum Gasteiger partial charge on any atom is 0.796 e. The molecule has 84 heavy (non-hydrogen) atoms. The van der Waals surface area contributed by atoms with Gasteiger partial charge in [-0.2, -0.15) is 0 Å². The lowest BCUT2D eigenvalue weighted by Crippen LogP contribution is -2.09. The van der Waals surface area contributed by atoms with Gasteiger partial charge in [0.15, 0.2) is 17.3 Å². The van der Waals surface area contributed by atoms with Gasteiger partial charge in [0.1, 0.15) is 5.76 Å². The van der Waals surface area contributed by atoms with Crippen molar-refractivity contribution >= 4 is 53.0 Å². The van der Waals surface area contributed by atoms with Crippen molar-refractivity contribution in [3.05, 3.63) is 66.4 Å². The fraction of sp³-hybridized carbons (Fsp3) is 0.712. The van der Waals surface area contributed by atoms with Crippen LogP contribution in [0.25, 0.3) is 27.3 Å². The maximum absolute atomic E-state index is 14.7. The van der Waals surface area contributed by atoms with Gasteiger partial charge in [-0.25, -0.2) is 8.63 Å². The number of thiophene rings is 3. The molecule has 0 radical (unpaired) electrons. The van der Waals surface area contributed by atoms with Crippen LogP contribution in [0.5, 0.6) is 17.2 Å². The molecule has 0 saturated heterocycles. The Hall–Kier alpha value is -3.15. The van der Waals surface area contributed by atoms with Crippen molar-refractivity contribution in [2.75, 3.05) is 19.8 Å². The molecule has 0 aliphatic rings. The Bertz CT molecular complexity index is 2210. The van der Waals surface area contributed by atoms with Crippen molar-refractivity contribution in [2.24, 2.45) is 0 Å². The minimum atomic E-state index is -3.16. The number of ether oxygens (including phenoxy) is 3. The van der Waals surface area contributed by atoms with Crippen LogP contribution in [0, 0.1) is 27.7 Å². The normalized spacial score (nSPS) is 11.8. The second kappa shape index (κ2) is 46.9. The number of rotatable bonds is 55. The molecule has 3 aromatic heterocycles. The van der Waals surface area contributed by atoms with E-state index in [1.165, 1.54) is 255 Å². The zero-order valence-corrected chi connectivity index (χ0v) is 56.8. The third kappa shape index (κ3) is 31.2. The van der Waals surface area contributed by atoms with Gasteiger partial charge in [-0.05, 0) is 82.9 Å². The maximum atomic E-state index is 14.7. The summed E-state index contributed by atoms with van der Waals surface area (Å²) in [5.74, 6) is 0.754. The second-order valence-corrected chi connectivity index (χ2v) is 28.4. The van der Waals surface area contributed by atoms with Crippen molar-refractivity contribution < 1.29 is 32.3 Å². The van der Waals surface area contributed by atoms with Crippen LogP contribution in [0.3, 0.4) is 0 Å². The van der Waals surface area contributed by atoms with E-state index in [1.54, 1.807) is 34.8 Å². The number of aryl methyl sites for hydroxylation is 4. The van der Waals surface area contributed by atoms with E-state index in [4.69, 9.17) is 18.9 Å². The van der Waals surface area contributed by atoms with E-state index in [-0.39, 0.29) is 5.76 Å². The van der Waals surface area contributed by atoms with Gasteiger partial charge in [-0.1, -0.05) is 271 Å². The average Bonchev–Trinajstić information content (AvgIpc) is 4.13. The summed E-state index contributed by atoms with van der Waals surface area (Å²) >= 11 is 4.88. The van der Waals surface area contributed by atoms with Gasteiger partial charge in [0, 0.05) is 47.2 Å². The minimum Gasteiger partial charge on any atom is -0.505 e. The molecule has 0 aliphatic heterocycles. The number of carbonyl (C=O) groups excluding carboxylic acids is 1. The van der Waals surface area contributed by atoms with Crippen LogP contribution in [-0.4, -0.2) is 33.1 Å². The molecule has 0 atom stereocenters. The van der Waals surface area contributed by atoms with Crippen LogP contribution in [0.2, 0.25) is 0 Å². The van der Waals surface area contributed by atoms with Gasteiger partial charge in [0.2, 0.25) is 5.75 Å². The summed E-state index contributed by atoms with van der Waals surface area (Å²) in [4.78, 5) is 20.8. The molecule has 4 aromatic rings. The first-order valence-corrected chi connectivity index (χ1v) is 37.1. The smallest absolute Gasteiger partial charge is 0.505 e. The zero-order valence-electron chi connectivity index (χ0n) is 54.4. The van der Waals surface area contributed by atoms with Crippen molar-refractivity contribution in [1.82, 2.24) is 0 Å². The topological polar surface area (TPSA) is 54.0 Å². The summed E-state index contributed by atoms with van der Waals surface area (Å²) in [6.07, 6.45) is 54.5. The predicted octanol–water partition coefficient (Wildman–Crippen LogP) is 26.2. The molecule has 0 fully saturated rings. The lowest BCUT2D eigenvalue weighted by atomic mass is 10.0. The van der Waals surface area contributed by atoms with E-state index in [2.05, 4.69) is 60.6 Å². The SMILES string of the molecule is CCCCCCCCCCCCCCCCOc1cc(/C(=C\C(=O)c2cc(-c3cc(C)sc3C)c(-c3cc(C)sc3C)s2)OB(F)F)cc(OCCCCCCCCCCCCCCCC)c1OCCCCCCCCCCCCCCCC. The summed E-state index contributed by atoms with van der Waals surface area (Å²) in [6.45, 7) is 16.7. The Morgan fingerprint density at radius 2 is 0.726 bits per heavy atom. The van der Waals surface area contributed by atoms with E-state index in [0.717, 1.165) is 72.9 Å². The van der Waals surface area contributed by atoms with Crippen LogP contribution in [0.1, 0.15) is 325 Å². The van der Waals surface area contributed by atoms with E-state index in [0.29, 0.717) is 47.5 Å². The first kappa shape index (κ1) is 73.3. The number of ketones is 1. The van der Waals surface area contributed by atoms with Gasteiger partial charge < -0.3 is 18.9 Å². The minimum absolute atomic E-state index is 0.224. The summed E-state index contributed by atoms with van der Waals surface area (Å²) in [7, 11) is -3.16. The molecule has 4 rings (SSSR count). The van der Waals surface area contributed by atoms with E-state index in [9.17, 15) is 13.4 Å². The monoisotopic (exact) mass is 1220 g/mol. The average molecular weight is 1220 g/mol. The van der Waals surface area contributed by atoms with Crippen molar-refractivity contribution in [2.45, 2.75) is 318 Å². The van der Waals surface area contributed by atoms with Crippen LogP contribution in [0.4, 0.5) is 8.63 Å². The van der Waals surface area contributed by atoms with Gasteiger partial charge in [-0.15, -0.1) is 34.0 Å². The third-order valence-corrected chi connectivity index (χ3v) is 19.7. The quantitative estimate of drug-likeness (QED) is 0.0145. The number of hydrogen-bond acceptors (Lipinski definition) is 8. The Kier molecular flexibility index (Phi) is 41.0. The molecule has 5 nitrogen and oxygen atoms in total. The largest absolute Gasteiger partial charge is 0.796 e. The lowest BCUT2D eigenvalue weighted by Gasteiger charge is -2.20. The van der Waals surface area contributed by atoms with Crippen molar-refractivity contribution in [3.63, 3.8) is 0 Å². The molecular weight excluding hydrogens is 1100 g/mol. The molecule has 1 aromatic carbocycles. The van der Waals surface area contributed by atoms with Crippen LogP contribution >= 0.6 is 34.0 Å². The van der Waals surface area contributed by atoms with Crippen molar-refractivity contribution in [3.8, 4) is 38.8 Å². The van der Waals surface area contributed by atoms with Crippen molar-refractivity contribution in [1.29, 1.82) is 0 Å². The highest BCUT2D eigenvalue weighted by Gasteiger charge is 2.27. The highest BCUT2D eigenvalue weighted by atomic mass is 32.1. The van der Waals surface area contributed by atoms with E-state index in [1.807, 2.05) is 6.07 Å². The first-order chi connectivity index (χ1) is 41.1. The molecule has 0 amide bonds. The van der Waals surface area contributed by atoms with Crippen LogP contribution in [0.15, 0.2) is 36.4 Å². The number of benzene rings is 1. The number of allylic oxidation sites excluding steroid dienone is 1. The summed E-state index contributed by atoms with van der Waals surface area (Å²) in [6, 6.07) is 9.75. The number of hydrogen-bond donors (Lipinski definition) is 0. The fourth-order valence-corrected chi connectivity index (χ4v) is 14.7. The third-order valence-electron chi connectivity index (χ3n) is 16.6. The van der Waals surface area contributed by atoms with E-state index >= 15 is 0 Å². The molecule has 0 saturated carbocycles. The van der Waals surface area contributed by atoms with Gasteiger partial charge in [-0.3, -0.25) is 4.79 Å². The lowest BCUT2D eigenvalue weighted by molar-refractivity contribution is 0.104. The highest BCUT2D eigenvalue weighted by Crippen LogP contribution is 2.46.